The van der Waals surface area contributed by atoms with Gasteiger partial charge in [0.2, 0.25) is 0 Å². The van der Waals surface area contributed by atoms with Crippen LogP contribution in [-0.4, -0.2) is 57.4 Å². The number of urea groups is 1. The van der Waals surface area contributed by atoms with E-state index in [1.54, 1.807) is 38.1 Å². The SMILES string of the molecule is CCOC(=O)C1=C(COC(=O)c2cccc(-n3cnnn3)c2)NC(=O)NC1C. The first-order chi connectivity index (χ1) is 13.5. The Morgan fingerprint density at radius 3 is 2.79 bits per heavy atom. The lowest BCUT2D eigenvalue weighted by molar-refractivity contribution is -0.139. The number of aromatic nitrogens is 4. The fraction of sp³-hybridized carbons (Fsp3) is 0.294. The van der Waals surface area contributed by atoms with Crippen LogP contribution in [0.5, 0.6) is 0 Å². The van der Waals surface area contributed by atoms with Crippen LogP contribution in [0.15, 0.2) is 41.9 Å². The summed E-state index contributed by atoms with van der Waals surface area (Å²) < 4.78 is 11.7. The molecule has 1 aromatic carbocycles. The molecule has 0 saturated heterocycles. The summed E-state index contributed by atoms with van der Waals surface area (Å²) in [6, 6.07) is 5.44. The minimum Gasteiger partial charge on any atom is -0.463 e. The highest BCUT2D eigenvalue weighted by Gasteiger charge is 2.30. The van der Waals surface area contributed by atoms with Crippen molar-refractivity contribution >= 4 is 18.0 Å². The molecule has 0 bridgehead atoms. The Morgan fingerprint density at radius 2 is 2.07 bits per heavy atom. The number of benzene rings is 1. The van der Waals surface area contributed by atoms with Crippen molar-refractivity contribution in [3.8, 4) is 5.69 Å². The third-order valence-electron chi connectivity index (χ3n) is 3.91. The maximum absolute atomic E-state index is 12.4. The molecule has 11 heteroatoms. The van der Waals surface area contributed by atoms with E-state index in [0.29, 0.717) is 5.69 Å². The van der Waals surface area contributed by atoms with Gasteiger partial charge in [-0.1, -0.05) is 6.07 Å². The Balaban J connectivity index is 1.77. The van der Waals surface area contributed by atoms with Gasteiger partial charge in [0.25, 0.3) is 0 Å². The summed E-state index contributed by atoms with van der Waals surface area (Å²) in [4.78, 5) is 36.3. The molecule has 11 nitrogen and oxygen atoms in total. The smallest absolute Gasteiger partial charge is 0.338 e. The quantitative estimate of drug-likeness (QED) is 0.678. The van der Waals surface area contributed by atoms with Gasteiger partial charge in [-0.2, -0.15) is 0 Å². The van der Waals surface area contributed by atoms with Crippen LogP contribution in [-0.2, 0) is 14.3 Å². The van der Waals surface area contributed by atoms with Crippen LogP contribution in [0.4, 0.5) is 4.79 Å². The van der Waals surface area contributed by atoms with E-state index < -0.39 is 24.0 Å². The van der Waals surface area contributed by atoms with Gasteiger partial charge in [-0.3, -0.25) is 0 Å². The Morgan fingerprint density at radius 1 is 1.25 bits per heavy atom. The molecule has 1 unspecified atom stereocenters. The van der Waals surface area contributed by atoms with E-state index >= 15 is 0 Å². The van der Waals surface area contributed by atoms with Crippen LogP contribution >= 0.6 is 0 Å². The minimum absolute atomic E-state index is 0.180. The van der Waals surface area contributed by atoms with Crippen molar-refractivity contribution < 1.29 is 23.9 Å². The van der Waals surface area contributed by atoms with Gasteiger partial charge in [-0.15, -0.1) is 5.10 Å². The Labute approximate surface area is 159 Å². The number of amides is 2. The Kier molecular flexibility index (Phi) is 5.63. The number of ether oxygens (including phenoxy) is 2. The van der Waals surface area contributed by atoms with E-state index in [0.717, 1.165) is 0 Å². The second-order valence-corrected chi connectivity index (χ2v) is 5.81. The molecule has 0 fully saturated rings. The van der Waals surface area contributed by atoms with Gasteiger partial charge in [0.15, 0.2) is 0 Å². The second kappa shape index (κ2) is 8.29. The molecular weight excluding hydrogens is 368 g/mol. The molecule has 2 amide bonds. The number of hydrogen-bond acceptors (Lipinski definition) is 8. The number of esters is 2. The first-order valence-electron chi connectivity index (χ1n) is 8.47. The van der Waals surface area contributed by atoms with Crippen molar-refractivity contribution in [2.24, 2.45) is 0 Å². The lowest BCUT2D eigenvalue weighted by atomic mass is 10.0. The van der Waals surface area contributed by atoms with Crippen molar-refractivity contribution in [3.63, 3.8) is 0 Å². The van der Waals surface area contributed by atoms with Gasteiger partial charge in [-0.25, -0.2) is 19.1 Å². The maximum Gasteiger partial charge on any atom is 0.338 e. The zero-order valence-corrected chi connectivity index (χ0v) is 15.2. The zero-order valence-electron chi connectivity index (χ0n) is 15.2. The van der Waals surface area contributed by atoms with Gasteiger partial charge in [0.05, 0.1) is 35.2 Å². The summed E-state index contributed by atoms with van der Waals surface area (Å²) in [5.41, 5.74) is 1.23. The van der Waals surface area contributed by atoms with Crippen LogP contribution in [0.2, 0.25) is 0 Å². The number of hydrogen-bond donors (Lipinski definition) is 2. The molecule has 2 aromatic rings. The van der Waals surface area contributed by atoms with Crippen LogP contribution in [0.3, 0.4) is 0 Å². The van der Waals surface area contributed by atoms with Crippen LogP contribution in [0, 0.1) is 0 Å². The monoisotopic (exact) mass is 386 g/mol. The molecule has 3 rings (SSSR count). The second-order valence-electron chi connectivity index (χ2n) is 5.81. The zero-order chi connectivity index (χ0) is 20.1. The van der Waals surface area contributed by atoms with Crippen molar-refractivity contribution in [3.05, 3.63) is 47.4 Å². The Bertz CT molecular complexity index is 924. The summed E-state index contributed by atoms with van der Waals surface area (Å²) in [5.74, 6) is -1.22. The van der Waals surface area contributed by atoms with Gasteiger partial charge in [-0.05, 0) is 42.5 Å². The molecular formula is C17H18N6O5. The van der Waals surface area contributed by atoms with Gasteiger partial charge < -0.3 is 20.1 Å². The summed E-state index contributed by atoms with van der Waals surface area (Å²) >= 11 is 0. The largest absolute Gasteiger partial charge is 0.463 e. The average Bonchev–Trinajstić information content (AvgIpc) is 3.20. The molecule has 1 atom stereocenters. The molecule has 2 N–H and O–H groups in total. The summed E-state index contributed by atoms with van der Waals surface area (Å²) in [6.07, 6.45) is 1.40. The van der Waals surface area contributed by atoms with E-state index in [2.05, 4.69) is 26.2 Å². The molecule has 146 valence electrons. The lowest BCUT2D eigenvalue weighted by Gasteiger charge is -2.26. The number of carbonyl (C=O) groups is 3. The molecule has 1 aliphatic rings. The van der Waals surface area contributed by atoms with Gasteiger partial charge in [0, 0.05) is 0 Å². The van der Waals surface area contributed by atoms with Gasteiger partial charge >= 0.3 is 18.0 Å². The van der Waals surface area contributed by atoms with Crippen LogP contribution < -0.4 is 10.6 Å². The molecule has 28 heavy (non-hydrogen) atoms. The van der Waals surface area contributed by atoms with E-state index in [1.165, 1.54) is 11.0 Å². The van der Waals surface area contributed by atoms with E-state index in [4.69, 9.17) is 9.47 Å². The van der Waals surface area contributed by atoms with Crippen molar-refractivity contribution in [1.29, 1.82) is 0 Å². The number of nitrogens with one attached hydrogen (secondary N) is 2. The fourth-order valence-electron chi connectivity index (χ4n) is 2.67. The van der Waals surface area contributed by atoms with E-state index in [1.807, 2.05) is 0 Å². The fourth-order valence-corrected chi connectivity index (χ4v) is 2.67. The molecule has 0 spiro atoms. The number of nitrogens with zero attached hydrogens (tertiary/aromatic N) is 4. The normalized spacial score (nSPS) is 16.2. The summed E-state index contributed by atoms with van der Waals surface area (Å²) in [6.45, 7) is 3.21. The van der Waals surface area contributed by atoms with E-state index in [9.17, 15) is 14.4 Å². The summed E-state index contributed by atoms with van der Waals surface area (Å²) in [7, 11) is 0. The predicted octanol–water partition coefficient (Wildman–Crippen LogP) is 0.338. The minimum atomic E-state index is -0.633. The Hall–Kier alpha value is -3.76. The molecule has 2 heterocycles. The van der Waals surface area contributed by atoms with Crippen LogP contribution in [0.25, 0.3) is 5.69 Å². The van der Waals surface area contributed by atoms with Crippen molar-refractivity contribution in [1.82, 2.24) is 30.8 Å². The third kappa shape index (κ3) is 4.14. The molecule has 0 saturated carbocycles. The predicted molar refractivity (Wildman–Crippen MR) is 94.2 cm³/mol. The topological polar surface area (TPSA) is 137 Å². The van der Waals surface area contributed by atoms with Gasteiger partial charge in [0.1, 0.15) is 12.9 Å². The third-order valence-corrected chi connectivity index (χ3v) is 3.91. The average molecular weight is 386 g/mol. The number of rotatable bonds is 6. The molecule has 1 aromatic heterocycles. The lowest BCUT2D eigenvalue weighted by Crippen LogP contribution is -2.50. The number of carbonyl (C=O) groups excluding carboxylic acids is 3. The highest BCUT2D eigenvalue weighted by molar-refractivity contribution is 5.95. The van der Waals surface area contributed by atoms with Crippen LogP contribution in [0.1, 0.15) is 24.2 Å². The first kappa shape index (κ1) is 19.0. The number of tetrazole rings is 1. The summed E-state index contributed by atoms with van der Waals surface area (Å²) in [5, 5.41) is 15.9. The van der Waals surface area contributed by atoms with Crippen molar-refractivity contribution in [2.45, 2.75) is 19.9 Å². The first-order valence-corrected chi connectivity index (χ1v) is 8.47. The standard InChI is InChI=1S/C17H18N6O5/c1-3-27-16(25)14-10(2)19-17(26)20-13(14)8-28-15(24)11-5-4-6-12(7-11)23-9-18-21-22-23/h4-7,9-10H,3,8H2,1-2H3,(H2,19,20,26). The highest BCUT2D eigenvalue weighted by Crippen LogP contribution is 2.16. The molecule has 0 radical (unpaired) electrons. The van der Waals surface area contributed by atoms with E-state index in [-0.39, 0.29) is 30.0 Å². The molecule has 0 aliphatic carbocycles. The van der Waals surface area contributed by atoms with Crippen molar-refractivity contribution in [2.75, 3.05) is 13.2 Å². The highest BCUT2D eigenvalue weighted by atomic mass is 16.5. The molecule has 1 aliphatic heterocycles. The maximum atomic E-state index is 12.4.